The predicted octanol–water partition coefficient (Wildman–Crippen LogP) is 0.449. The van der Waals surface area contributed by atoms with Gasteiger partial charge in [0.1, 0.15) is 0 Å². The van der Waals surface area contributed by atoms with Gasteiger partial charge in [-0.25, -0.2) is 0 Å². The summed E-state index contributed by atoms with van der Waals surface area (Å²) in [6, 6.07) is 0. The van der Waals surface area contributed by atoms with Gasteiger partial charge < -0.3 is 11.1 Å². The van der Waals surface area contributed by atoms with E-state index in [0.717, 1.165) is 0 Å². The third-order valence-corrected chi connectivity index (χ3v) is 0.891. The molecule has 2 nitrogen and oxygen atoms in total. The van der Waals surface area contributed by atoms with Crippen molar-refractivity contribution >= 4 is 12.6 Å². The molecule has 3 N–H and O–H groups in total. The molecule has 46 valence electrons. The van der Waals surface area contributed by atoms with E-state index in [9.17, 15) is 0 Å². The summed E-state index contributed by atoms with van der Waals surface area (Å²) in [6.07, 6.45) is 1.63. The van der Waals surface area contributed by atoms with Crippen molar-refractivity contribution < 1.29 is 0 Å². The van der Waals surface area contributed by atoms with Crippen LogP contribution in [0.4, 0.5) is 0 Å². The highest BCUT2D eigenvalue weighted by Gasteiger charge is 1.85. The Balaban J connectivity index is 3.80. The Labute approximate surface area is 54.9 Å². The molecule has 0 atom stereocenters. The van der Waals surface area contributed by atoms with Gasteiger partial charge in [0.2, 0.25) is 0 Å². The number of nitrogens with two attached hydrogens (primary N) is 1. The van der Waals surface area contributed by atoms with Crippen LogP contribution >= 0.6 is 12.6 Å². The Hall–Kier alpha value is -0.570. The van der Waals surface area contributed by atoms with Crippen LogP contribution in [0.2, 0.25) is 0 Å². The Kier molecular flexibility index (Phi) is 3.19. The molecule has 3 heteroatoms. The van der Waals surface area contributed by atoms with Crippen molar-refractivity contribution in [1.29, 1.82) is 0 Å². The topological polar surface area (TPSA) is 38.0 Å². The lowest BCUT2D eigenvalue weighted by atomic mass is 10.5. The average Bonchev–Trinajstić information content (AvgIpc) is 1.67. The van der Waals surface area contributed by atoms with Crippen molar-refractivity contribution in [1.82, 2.24) is 5.32 Å². The van der Waals surface area contributed by atoms with E-state index in [1.807, 2.05) is 0 Å². The number of nitrogens with one attached hydrogen (secondary N) is 1. The van der Waals surface area contributed by atoms with Crippen LogP contribution in [0.1, 0.15) is 0 Å². The molecule has 0 spiro atoms. The van der Waals surface area contributed by atoms with E-state index in [-0.39, 0.29) is 0 Å². The van der Waals surface area contributed by atoms with Gasteiger partial charge in [0.25, 0.3) is 0 Å². The van der Waals surface area contributed by atoms with Crippen molar-refractivity contribution in [2.75, 3.05) is 7.05 Å². The average molecular weight is 130 g/mol. The molecule has 0 aliphatic carbocycles. The molecule has 0 aromatic rings. The maximum Gasteiger partial charge on any atom is 0.0603 e. The van der Waals surface area contributed by atoms with Crippen LogP contribution in [0.25, 0.3) is 0 Å². The third-order valence-electron chi connectivity index (χ3n) is 0.633. The molecule has 0 radical (unpaired) electrons. The zero-order chi connectivity index (χ0) is 6.57. The first-order chi connectivity index (χ1) is 3.68. The number of rotatable bonds is 2. The lowest BCUT2D eigenvalue weighted by molar-refractivity contribution is 1.08. The van der Waals surface area contributed by atoms with Crippen LogP contribution in [-0.4, -0.2) is 7.05 Å². The van der Waals surface area contributed by atoms with E-state index in [4.69, 9.17) is 5.73 Å². The van der Waals surface area contributed by atoms with E-state index in [1.54, 1.807) is 13.2 Å². The van der Waals surface area contributed by atoms with Gasteiger partial charge in [0.15, 0.2) is 0 Å². The van der Waals surface area contributed by atoms with Crippen LogP contribution in [0.15, 0.2) is 23.4 Å². The maximum atomic E-state index is 5.35. The molecule has 0 aliphatic heterocycles. The maximum absolute atomic E-state index is 5.35. The van der Waals surface area contributed by atoms with Gasteiger partial charge >= 0.3 is 0 Å². The van der Waals surface area contributed by atoms with Gasteiger partial charge in [-0.1, -0.05) is 6.58 Å². The van der Waals surface area contributed by atoms with Crippen LogP contribution in [0.5, 0.6) is 0 Å². The quantitative estimate of drug-likeness (QED) is 0.375. The van der Waals surface area contributed by atoms with Gasteiger partial charge in [0.05, 0.1) is 5.70 Å². The second kappa shape index (κ2) is 3.43. The fourth-order valence-electron chi connectivity index (χ4n) is 0.239. The summed E-state index contributed by atoms with van der Waals surface area (Å²) in [7, 11) is 1.77. The van der Waals surface area contributed by atoms with Crippen molar-refractivity contribution in [2.45, 2.75) is 0 Å². The molecule has 0 aliphatic rings. The lowest BCUT2D eigenvalue weighted by Crippen LogP contribution is -2.03. The molecule has 0 heterocycles. The standard InChI is InChI=1S/C5H10N2S/c1-4(8)5(6)3-7-2/h3,7-8H,1,6H2,2H3/b5-3-. The monoisotopic (exact) mass is 130 g/mol. The minimum absolute atomic E-state index is 0.566. The minimum Gasteiger partial charge on any atom is -0.397 e. The summed E-state index contributed by atoms with van der Waals surface area (Å²) in [6.45, 7) is 3.50. The zero-order valence-corrected chi connectivity index (χ0v) is 5.70. The fourth-order valence-corrected chi connectivity index (χ4v) is 0.303. The first-order valence-corrected chi connectivity index (χ1v) is 2.64. The highest BCUT2D eigenvalue weighted by molar-refractivity contribution is 7.84. The van der Waals surface area contributed by atoms with Gasteiger partial charge in [-0.15, -0.1) is 12.6 Å². The molecule has 0 bridgehead atoms. The van der Waals surface area contributed by atoms with Crippen LogP contribution in [0.3, 0.4) is 0 Å². The van der Waals surface area contributed by atoms with Gasteiger partial charge in [-0.05, 0) is 0 Å². The molecular weight excluding hydrogens is 120 g/mol. The van der Waals surface area contributed by atoms with E-state index in [1.165, 1.54) is 0 Å². The largest absolute Gasteiger partial charge is 0.397 e. The summed E-state index contributed by atoms with van der Waals surface area (Å²) < 4.78 is 0. The first-order valence-electron chi connectivity index (χ1n) is 2.19. The molecule has 0 rings (SSSR count). The van der Waals surface area contributed by atoms with Crippen molar-refractivity contribution in [3.05, 3.63) is 23.4 Å². The third kappa shape index (κ3) is 2.58. The van der Waals surface area contributed by atoms with Crippen molar-refractivity contribution in [3.63, 3.8) is 0 Å². The molecule has 0 aromatic heterocycles. The minimum atomic E-state index is 0.566. The normalized spacial score (nSPS) is 11.0. The van der Waals surface area contributed by atoms with Crippen LogP contribution < -0.4 is 11.1 Å². The molecule has 8 heavy (non-hydrogen) atoms. The SMILES string of the molecule is C=C(S)/C(N)=C/NC. The summed E-state index contributed by atoms with van der Waals surface area (Å²) in [5.74, 6) is 0. The van der Waals surface area contributed by atoms with E-state index >= 15 is 0 Å². The summed E-state index contributed by atoms with van der Waals surface area (Å²) in [5.41, 5.74) is 5.92. The highest BCUT2D eigenvalue weighted by atomic mass is 32.1. The zero-order valence-electron chi connectivity index (χ0n) is 4.81. The van der Waals surface area contributed by atoms with Gasteiger partial charge in [-0.2, -0.15) is 0 Å². The number of hydrogen-bond acceptors (Lipinski definition) is 3. The Bertz CT molecular complexity index is 118. The summed E-state index contributed by atoms with van der Waals surface area (Å²) >= 11 is 3.90. The highest BCUT2D eigenvalue weighted by Crippen LogP contribution is 2.01. The molecule has 0 amide bonds. The lowest BCUT2D eigenvalue weighted by Gasteiger charge is -1.95. The molecule has 0 unspecified atom stereocenters. The summed E-state index contributed by atoms with van der Waals surface area (Å²) in [5, 5.41) is 2.75. The van der Waals surface area contributed by atoms with Gasteiger partial charge in [-0.3, -0.25) is 0 Å². The predicted molar refractivity (Wildman–Crippen MR) is 39.5 cm³/mol. The summed E-state index contributed by atoms with van der Waals surface area (Å²) in [4.78, 5) is 0.583. The Morgan fingerprint density at radius 2 is 2.38 bits per heavy atom. The van der Waals surface area contributed by atoms with Crippen LogP contribution in [0, 0.1) is 0 Å². The van der Waals surface area contributed by atoms with E-state index in [0.29, 0.717) is 10.6 Å². The van der Waals surface area contributed by atoms with Gasteiger partial charge in [0, 0.05) is 18.2 Å². The molecule has 0 fully saturated rings. The van der Waals surface area contributed by atoms with E-state index in [2.05, 4.69) is 24.5 Å². The van der Waals surface area contributed by atoms with E-state index < -0.39 is 0 Å². The second-order valence-electron chi connectivity index (χ2n) is 1.34. The molecule has 0 aromatic carbocycles. The fraction of sp³-hybridized carbons (Fsp3) is 0.200. The number of hydrogen-bond donors (Lipinski definition) is 3. The first kappa shape index (κ1) is 7.43. The molecular formula is C5H10N2S. The molecule has 0 saturated carbocycles. The second-order valence-corrected chi connectivity index (χ2v) is 1.87. The molecule has 0 saturated heterocycles. The van der Waals surface area contributed by atoms with Crippen molar-refractivity contribution in [2.24, 2.45) is 5.73 Å². The Morgan fingerprint density at radius 3 is 2.50 bits per heavy atom. The number of thiol groups is 1. The van der Waals surface area contributed by atoms with Crippen molar-refractivity contribution in [3.8, 4) is 0 Å². The van der Waals surface area contributed by atoms with Crippen LogP contribution in [-0.2, 0) is 0 Å². The Morgan fingerprint density at radius 1 is 1.88 bits per heavy atom. The smallest absolute Gasteiger partial charge is 0.0603 e.